The summed E-state index contributed by atoms with van der Waals surface area (Å²) in [6.07, 6.45) is 6.11. The normalized spacial score (nSPS) is 11.5. The van der Waals surface area contributed by atoms with Gasteiger partial charge in [-0.3, -0.25) is 0 Å². The zero-order valence-corrected chi connectivity index (χ0v) is 22.2. The second-order valence-electron chi connectivity index (χ2n) is 6.92. The summed E-state index contributed by atoms with van der Waals surface area (Å²) < 4.78 is 3.63. The molecular formula is C24H26IN5S2. The zero-order chi connectivity index (χ0) is 21.6. The van der Waals surface area contributed by atoms with Crippen LogP contribution in [0.3, 0.4) is 0 Å². The van der Waals surface area contributed by atoms with Crippen molar-refractivity contribution in [1.29, 1.82) is 0 Å². The van der Waals surface area contributed by atoms with Gasteiger partial charge in [-0.1, -0.05) is 34.8 Å². The van der Waals surface area contributed by atoms with Crippen LogP contribution in [0.15, 0.2) is 65.0 Å². The Morgan fingerprint density at radius 1 is 0.938 bits per heavy atom. The molecule has 0 spiro atoms. The molecule has 0 aliphatic rings. The minimum absolute atomic E-state index is 0. The molecule has 4 aromatic rings. The van der Waals surface area contributed by atoms with Gasteiger partial charge in [-0.2, -0.15) is 4.57 Å². The summed E-state index contributed by atoms with van der Waals surface area (Å²) in [5.41, 5.74) is 3.31. The van der Waals surface area contributed by atoms with E-state index in [-0.39, 0.29) is 24.0 Å². The number of benzene rings is 2. The molecule has 0 unspecified atom stereocenters. The first-order chi connectivity index (χ1) is 15.2. The third-order valence-corrected chi connectivity index (χ3v) is 7.06. The van der Waals surface area contributed by atoms with E-state index in [1.807, 2.05) is 18.3 Å². The highest BCUT2D eigenvalue weighted by Gasteiger charge is 2.16. The SMILES string of the molecule is CCN(CC)c1ccc(N=Nc2ncc(/C=C/c3sc4ccccc4[n+]3CC)s2)cc1.[I-]. The van der Waals surface area contributed by atoms with Gasteiger partial charge in [0.2, 0.25) is 10.6 Å². The maximum Gasteiger partial charge on any atom is 0.262 e. The summed E-state index contributed by atoms with van der Waals surface area (Å²) in [7, 11) is 0. The average Bonchev–Trinajstić information content (AvgIpc) is 3.41. The van der Waals surface area contributed by atoms with Gasteiger partial charge in [0.25, 0.3) is 5.01 Å². The molecule has 0 N–H and O–H groups in total. The van der Waals surface area contributed by atoms with E-state index in [4.69, 9.17) is 0 Å². The standard InChI is InChI=1S/C24H26N5S2.HI/c1-4-28(5-2)19-13-11-18(12-14-19)26-27-24-25-17-20(30-24)15-16-23-29(6-3)21-9-7-8-10-22(21)31-23;/h7-17H,4-6H2,1-3H3;1H/q+1;/p-1. The first-order valence-corrected chi connectivity index (χ1v) is 12.2. The number of para-hydroxylation sites is 1. The van der Waals surface area contributed by atoms with Crippen molar-refractivity contribution >= 4 is 61.5 Å². The molecule has 0 saturated carbocycles. The fraction of sp³-hybridized carbons (Fsp3) is 0.250. The highest BCUT2D eigenvalue weighted by Crippen LogP contribution is 2.27. The van der Waals surface area contributed by atoms with Crippen LogP contribution >= 0.6 is 22.7 Å². The van der Waals surface area contributed by atoms with Crippen LogP contribution in [0, 0.1) is 0 Å². The number of aromatic nitrogens is 2. The van der Waals surface area contributed by atoms with Crippen molar-refractivity contribution in [2.45, 2.75) is 27.3 Å². The Hall–Kier alpha value is -2.17. The molecule has 0 radical (unpaired) electrons. The molecule has 2 heterocycles. The number of rotatable bonds is 8. The monoisotopic (exact) mass is 575 g/mol. The van der Waals surface area contributed by atoms with E-state index in [1.54, 1.807) is 11.3 Å². The highest BCUT2D eigenvalue weighted by atomic mass is 127. The lowest BCUT2D eigenvalue weighted by atomic mass is 10.2. The Balaban J connectivity index is 0.00000289. The van der Waals surface area contributed by atoms with Gasteiger partial charge in [-0.15, -0.1) is 10.2 Å². The van der Waals surface area contributed by atoms with Gasteiger partial charge >= 0.3 is 0 Å². The quantitative estimate of drug-likeness (QED) is 0.181. The Bertz CT molecular complexity index is 1210. The van der Waals surface area contributed by atoms with E-state index in [0.29, 0.717) is 5.13 Å². The van der Waals surface area contributed by atoms with Gasteiger partial charge in [-0.25, -0.2) is 4.98 Å². The second-order valence-corrected chi connectivity index (χ2v) is 9.02. The predicted octanol–water partition coefficient (Wildman–Crippen LogP) is 4.10. The van der Waals surface area contributed by atoms with Crippen molar-refractivity contribution in [2.75, 3.05) is 18.0 Å². The molecule has 8 heteroatoms. The summed E-state index contributed by atoms with van der Waals surface area (Å²) in [6, 6.07) is 16.7. The van der Waals surface area contributed by atoms with Crippen molar-refractivity contribution in [3.05, 3.63) is 64.6 Å². The molecule has 0 aliphatic heterocycles. The molecule has 0 fully saturated rings. The van der Waals surface area contributed by atoms with Gasteiger partial charge in [0, 0.05) is 42.0 Å². The minimum Gasteiger partial charge on any atom is -1.00 e. The Morgan fingerprint density at radius 2 is 1.69 bits per heavy atom. The topological polar surface area (TPSA) is 44.7 Å². The number of hydrogen-bond acceptors (Lipinski definition) is 6. The van der Waals surface area contributed by atoms with Gasteiger partial charge in [0.05, 0.1) is 5.69 Å². The number of halogens is 1. The fourth-order valence-corrected chi connectivity index (χ4v) is 5.24. The number of azo groups is 1. The van der Waals surface area contributed by atoms with Crippen molar-refractivity contribution in [2.24, 2.45) is 10.2 Å². The van der Waals surface area contributed by atoms with Crippen molar-refractivity contribution in [3.8, 4) is 0 Å². The average molecular weight is 576 g/mol. The maximum atomic E-state index is 4.40. The first kappa shape index (κ1) is 24.5. The lowest BCUT2D eigenvalue weighted by molar-refractivity contribution is -0.665. The van der Waals surface area contributed by atoms with Gasteiger partial charge in [-0.05, 0) is 57.2 Å². The predicted molar refractivity (Wildman–Crippen MR) is 133 cm³/mol. The van der Waals surface area contributed by atoms with Gasteiger partial charge in [0.15, 0.2) is 0 Å². The lowest BCUT2D eigenvalue weighted by Gasteiger charge is -2.20. The molecule has 4 rings (SSSR count). The number of hydrogen-bond donors (Lipinski definition) is 0. The van der Waals surface area contributed by atoms with Crippen molar-refractivity contribution < 1.29 is 28.5 Å². The number of thiazole rings is 2. The number of anilines is 1. The van der Waals surface area contributed by atoms with Crippen LogP contribution < -0.4 is 33.4 Å². The third kappa shape index (κ3) is 5.60. The van der Waals surface area contributed by atoms with E-state index in [9.17, 15) is 0 Å². The molecule has 0 atom stereocenters. The molecule has 0 saturated heterocycles. The van der Waals surface area contributed by atoms with Crippen molar-refractivity contribution in [1.82, 2.24) is 4.98 Å². The molecule has 0 bridgehead atoms. The first-order valence-electron chi connectivity index (χ1n) is 10.5. The highest BCUT2D eigenvalue weighted by molar-refractivity contribution is 7.19. The van der Waals surface area contributed by atoms with Crippen LogP contribution in [0.5, 0.6) is 0 Å². The van der Waals surface area contributed by atoms with Crippen LogP contribution in [0.25, 0.3) is 22.4 Å². The van der Waals surface area contributed by atoms with E-state index >= 15 is 0 Å². The molecule has 32 heavy (non-hydrogen) atoms. The van der Waals surface area contributed by atoms with Crippen LogP contribution in [0.2, 0.25) is 0 Å². The maximum absolute atomic E-state index is 4.40. The van der Waals surface area contributed by atoms with E-state index in [0.717, 1.165) is 30.2 Å². The molecule has 2 aromatic heterocycles. The van der Waals surface area contributed by atoms with Crippen LogP contribution in [0.4, 0.5) is 16.5 Å². The van der Waals surface area contributed by atoms with E-state index in [2.05, 4.69) is 94.0 Å². The third-order valence-electron chi connectivity index (χ3n) is 5.08. The smallest absolute Gasteiger partial charge is 0.262 e. The molecule has 0 aliphatic carbocycles. The molecule has 2 aromatic carbocycles. The zero-order valence-electron chi connectivity index (χ0n) is 18.4. The fourth-order valence-electron chi connectivity index (χ4n) is 3.48. The molecule has 166 valence electrons. The summed E-state index contributed by atoms with van der Waals surface area (Å²) in [4.78, 5) is 7.76. The molecular weight excluding hydrogens is 549 g/mol. The number of fused-ring (bicyclic) bond motifs is 1. The van der Waals surface area contributed by atoms with Crippen LogP contribution in [0.1, 0.15) is 30.7 Å². The minimum atomic E-state index is 0. The van der Waals surface area contributed by atoms with E-state index in [1.165, 1.54) is 32.2 Å². The summed E-state index contributed by atoms with van der Waals surface area (Å²) in [5, 5.41) is 10.6. The van der Waals surface area contributed by atoms with E-state index < -0.39 is 0 Å². The molecule has 5 nitrogen and oxygen atoms in total. The Morgan fingerprint density at radius 3 is 2.41 bits per heavy atom. The Kier molecular flexibility index (Phi) is 8.89. The summed E-state index contributed by atoms with van der Waals surface area (Å²) >= 11 is 3.34. The summed E-state index contributed by atoms with van der Waals surface area (Å²) in [5.74, 6) is 0. The van der Waals surface area contributed by atoms with Crippen molar-refractivity contribution in [3.63, 3.8) is 0 Å². The van der Waals surface area contributed by atoms with Gasteiger partial charge in [0.1, 0.15) is 11.2 Å². The largest absolute Gasteiger partial charge is 1.00 e. The second kappa shape index (κ2) is 11.6. The van der Waals surface area contributed by atoms with Gasteiger partial charge < -0.3 is 28.9 Å². The van der Waals surface area contributed by atoms with Crippen LogP contribution in [-0.2, 0) is 6.54 Å². The Labute approximate surface area is 214 Å². The number of nitrogens with zero attached hydrogens (tertiary/aromatic N) is 5. The molecule has 0 amide bonds. The number of aryl methyl sites for hydroxylation is 1. The lowest BCUT2D eigenvalue weighted by Crippen LogP contribution is -3.00. The summed E-state index contributed by atoms with van der Waals surface area (Å²) in [6.45, 7) is 9.43. The van der Waals surface area contributed by atoms with Crippen LogP contribution in [-0.4, -0.2) is 18.1 Å².